The van der Waals surface area contributed by atoms with Crippen molar-refractivity contribution in [2.45, 2.75) is 18.2 Å². The first-order valence-corrected chi connectivity index (χ1v) is 7.12. The van der Waals surface area contributed by atoms with Gasteiger partial charge in [-0.05, 0) is 25.1 Å². The minimum Gasteiger partial charge on any atom is -0.466 e. The number of carbonyl (C=O) groups is 1. The van der Waals surface area contributed by atoms with Crippen LogP contribution in [0.15, 0.2) is 29.2 Å². The van der Waals surface area contributed by atoms with Gasteiger partial charge in [-0.2, -0.15) is 0 Å². The summed E-state index contributed by atoms with van der Waals surface area (Å²) in [6.45, 7) is 1.92. The zero-order chi connectivity index (χ0) is 12.9. The van der Waals surface area contributed by atoms with E-state index in [0.29, 0.717) is 5.02 Å². The van der Waals surface area contributed by atoms with Crippen LogP contribution in [0.3, 0.4) is 0 Å². The molecule has 6 heteroatoms. The molecular formula is C11H13ClO4S. The number of hydrogen-bond acceptors (Lipinski definition) is 4. The van der Waals surface area contributed by atoms with Crippen molar-refractivity contribution in [2.24, 2.45) is 0 Å². The van der Waals surface area contributed by atoms with Crippen molar-refractivity contribution >= 4 is 27.4 Å². The molecule has 0 fully saturated rings. The van der Waals surface area contributed by atoms with E-state index in [2.05, 4.69) is 4.74 Å². The first kappa shape index (κ1) is 14.0. The van der Waals surface area contributed by atoms with Crippen molar-refractivity contribution in [3.63, 3.8) is 0 Å². The lowest BCUT2D eigenvalue weighted by molar-refractivity contribution is -0.142. The van der Waals surface area contributed by atoms with Gasteiger partial charge in [0.05, 0.1) is 23.7 Å². The summed E-state index contributed by atoms with van der Waals surface area (Å²) >= 11 is 5.71. The third-order valence-electron chi connectivity index (χ3n) is 2.04. The molecule has 0 aromatic heterocycles. The van der Waals surface area contributed by atoms with Gasteiger partial charge in [-0.1, -0.05) is 17.7 Å². The van der Waals surface area contributed by atoms with E-state index in [1.165, 1.54) is 12.1 Å². The summed E-state index contributed by atoms with van der Waals surface area (Å²) in [4.78, 5) is 11.2. The molecule has 0 aliphatic rings. The number of ether oxygens (including phenoxy) is 1. The van der Waals surface area contributed by atoms with Crippen LogP contribution in [0.1, 0.15) is 13.3 Å². The molecule has 94 valence electrons. The number of hydrogen-bond donors (Lipinski definition) is 0. The van der Waals surface area contributed by atoms with E-state index in [-0.39, 0.29) is 23.7 Å². The maximum Gasteiger partial charge on any atom is 0.306 e. The summed E-state index contributed by atoms with van der Waals surface area (Å²) in [5.41, 5.74) is 0. The molecule has 0 atom stereocenters. The van der Waals surface area contributed by atoms with E-state index >= 15 is 0 Å². The fraction of sp³-hybridized carbons (Fsp3) is 0.364. The van der Waals surface area contributed by atoms with Crippen LogP contribution in [0.25, 0.3) is 0 Å². The van der Waals surface area contributed by atoms with E-state index in [0.717, 1.165) is 0 Å². The molecule has 0 radical (unpaired) electrons. The minimum atomic E-state index is -3.48. The Morgan fingerprint density at radius 1 is 1.41 bits per heavy atom. The minimum absolute atomic E-state index is 0.120. The molecule has 1 rings (SSSR count). The second-order valence-electron chi connectivity index (χ2n) is 3.33. The zero-order valence-electron chi connectivity index (χ0n) is 9.35. The summed E-state index contributed by atoms with van der Waals surface area (Å²) in [7, 11) is -3.48. The van der Waals surface area contributed by atoms with Crippen molar-refractivity contribution in [2.75, 3.05) is 12.4 Å². The van der Waals surface area contributed by atoms with Gasteiger partial charge in [0.1, 0.15) is 0 Å². The molecule has 0 aliphatic heterocycles. The highest BCUT2D eigenvalue weighted by Gasteiger charge is 2.17. The zero-order valence-corrected chi connectivity index (χ0v) is 10.9. The number of halogens is 1. The Kier molecular flexibility index (Phi) is 4.96. The highest BCUT2D eigenvalue weighted by molar-refractivity contribution is 7.91. The van der Waals surface area contributed by atoms with Crippen LogP contribution in [-0.4, -0.2) is 26.7 Å². The normalized spacial score (nSPS) is 11.2. The second kappa shape index (κ2) is 6.02. The predicted octanol–water partition coefficient (Wildman–Crippen LogP) is 2.07. The summed E-state index contributed by atoms with van der Waals surface area (Å²) in [5, 5.41) is 0.349. The van der Waals surface area contributed by atoms with Crippen molar-refractivity contribution in [1.82, 2.24) is 0 Å². The second-order valence-corrected chi connectivity index (χ2v) is 5.88. The monoisotopic (exact) mass is 276 g/mol. The summed E-state index contributed by atoms with van der Waals surface area (Å²) in [6.07, 6.45) is -0.150. The maximum absolute atomic E-state index is 11.8. The van der Waals surface area contributed by atoms with Crippen molar-refractivity contribution in [3.8, 4) is 0 Å². The van der Waals surface area contributed by atoms with Crippen LogP contribution in [0.2, 0.25) is 5.02 Å². The molecule has 0 aliphatic carbocycles. The molecule has 0 unspecified atom stereocenters. The van der Waals surface area contributed by atoms with E-state index in [4.69, 9.17) is 11.6 Å². The number of esters is 1. The van der Waals surface area contributed by atoms with Gasteiger partial charge in [0.2, 0.25) is 0 Å². The molecule has 4 nitrogen and oxygen atoms in total. The Hall–Kier alpha value is -1.07. The SMILES string of the molecule is CCOC(=O)CCS(=O)(=O)c1cccc(Cl)c1. The van der Waals surface area contributed by atoms with Crippen LogP contribution in [-0.2, 0) is 19.4 Å². The van der Waals surface area contributed by atoms with Gasteiger partial charge >= 0.3 is 5.97 Å². The smallest absolute Gasteiger partial charge is 0.306 e. The quantitative estimate of drug-likeness (QED) is 0.773. The van der Waals surface area contributed by atoms with E-state index in [1.807, 2.05) is 0 Å². The molecule has 1 aromatic carbocycles. The predicted molar refractivity (Wildman–Crippen MR) is 64.8 cm³/mol. The molecule has 0 amide bonds. The van der Waals surface area contributed by atoms with Gasteiger partial charge in [-0.25, -0.2) is 8.42 Å². The molecule has 0 N–H and O–H groups in total. The molecule has 0 bridgehead atoms. The average molecular weight is 277 g/mol. The highest BCUT2D eigenvalue weighted by Crippen LogP contribution is 2.17. The van der Waals surface area contributed by atoms with Crippen LogP contribution < -0.4 is 0 Å². The highest BCUT2D eigenvalue weighted by atomic mass is 35.5. The Morgan fingerprint density at radius 3 is 2.71 bits per heavy atom. The first-order chi connectivity index (χ1) is 7.95. The summed E-state index contributed by atoms with van der Waals surface area (Å²) in [6, 6.07) is 5.96. The van der Waals surface area contributed by atoms with Gasteiger partial charge in [-0.3, -0.25) is 4.79 Å². The van der Waals surface area contributed by atoms with Gasteiger partial charge in [0.15, 0.2) is 9.84 Å². The number of sulfone groups is 1. The lowest BCUT2D eigenvalue weighted by Crippen LogP contribution is -2.13. The molecule has 1 aromatic rings. The lowest BCUT2D eigenvalue weighted by Gasteiger charge is -2.04. The largest absolute Gasteiger partial charge is 0.466 e. The Bertz CT molecular complexity index is 496. The van der Waals surface area contributed by atoms with E-state index < -0.39 is 15.8 Å². The van der Waals surface area contributed by atoms with Crippen molar-refractivity contribution in [1.29, 1.82) is 0 Å². The van der Waals surface area contributed by atoms with Crippen LogP contribution in [0, 0.1) is 0 Å². The lowest BCUT2D eigenvalue weighted by atomic mass is 10.4. The van der Waals surface area contributed by atoms with Crippen LogP contribution >= 0.6 is 11.6 Å². The van der Waals surface area contributed by atoms with Crippen molar-refractivity contribution < 1.29 is 17.9 Å². The number of benzene rings is 1. The van der Waals surface area contributed by atoms with Crippen LogP contribution in [0.5, 0.6) is 0 Å². The van der Waals surface area contributed by atoms with E-state index in [1.54, 1.807) is 19.1 Å². The fourth-order valence-electron chi connectivity index (χ4n) is 1.23. The fourth-order valence-corrected chi connectivity index (χ4v) is 2.75. The van der Waals surface area contributed by atoms with E-state index in [9.17, 15) is 13.2 Å². The molecule has 0 saturated carbocycles. The van der Waals surface area contributed by atoms with Gasteiger partial charge in [-0.15, -0.1) is 0 Å². The maximum atomic E-state index is 11.8. The van der Waals surface area contributed by atoms with Crippen molar-refractivity contribution in [3.05, 3.63) is 29.3 Å². The molecule has 0 spiro atoms. The Labute approximate surface area is 105 Å². The average Bonchev–Trinajstić information content (AvgIpc) is 2.27. The molecule has 17 heavy (non-hydrogen) atoms. The topological polar surface area (TPSA) is 60.4 Å². The van der Waals surface area contributed by atoms with Gasteiger partial charge in [0.25, 0.3) is 0 Å². The molecule has 0 saturated heterocycles. The summed E-state index contributed by atoms with van der Waals surface area (Å²) in [5.74, 6) is -0.787. The van der Waals surface area contributed by atoms with Crippen LogP contribution in [0.4, 0.5) is 0 Å². The molecule has 0 heterocycles. The summed E-state index contributed by atoms with van der Waals surface area (Å²) < 4.78 is 28.3. The van der Waals surface area contributed by atoms with Gasteiger partial charge in [0, 0.05) is 5.02 Å². The number of rotatable bonds is 5. The molecular weight excluding hydrogens is 264 g/mol. The third kappa shape index (κ3) is 4.36. The Morgan fingerprint density at radius 2 is 2.12 bits per heavy atom. The van der Waals surface area contributed by atoms with Gasteiger partial charge < -0.3 is 4.74 Å². The Balaban J connectivity index is 2.73. The first-order valence-electron chi connectivity index (χ1n) is 5.09. The standard InChI is InChI=1S/C11H13ClO4S/c1-2-16-11(13)6-7-17(14,15)10-5-3-4-9(12)8-10/h3-5,8H,2,6-7H2,1H3. The number of carbonyl (C=O) groups excluding carboxylic acids is 1. The third-order valence-corrected chi connectivity index (χ3v) is 3.98.